The van der Waals surface area contributed by atoms with Crippen LogP contribution in [0.25, 0.3) is 11.1 Å². The van der Waals surface area contributed by atoms with Crippen LogP contribution in [0.1, 0.15) is 18.5 Å². The minimum Gasteiger partial charge on any atom is -0.368 e. The molecule has 1 aromatic heterocycles. The molecule has 2 aromatic rings. The second-order valence-electron chi connectivity index (χ2n) is 4.51. The lowest BCUT2D eigenvalue weighted by Gasteiger charge is -2.09. The summed E-state index contributed by atoms with van der Waals surface area (Å²) in [5.41, 5.74) is 4.30. The molecule has 2 rings (SSSR count). The van der Waals surface area contributed by atoms with E-state index in [1.54, 1.807) is 0 Å². The maximum absolute atomic E-state index is 13.3. The molecule has 0 saturated heterocycles. The second kappa shape index (κ2) is 5.19. The summed E-state index contributed by atoms with van der Waals surface area (Å²) in [7, 11) is 0. The SMILES string of the molecule is C[C@@H](C(N)=O)n1cc(-c2cc(F)cc(C(F)(F)F)c2)cn1. The number of primary amides is 1. The number of amides is 1. The van der Waals surface area contributed by atoms with E-state index in [9.17, 15) is 22.4 Å². The van der Waals surface area contributed by atoms with Crippen LogP contribution in [0.2, 0.25) is 0 Å². The molecule has 8 heteroatoms. The molecule has 0 unspecified atom stereocenters. The van der Waals surface area contributed by atoms with E-state index in [0.717, 1.165) is 12.1 Å². The Bertz CT molecular complexity index is 678. The third-order valence-corrected chi connectivity index (χ3v) is 2.97. The van der Waals surface area contributed by atoms with Crippen molar-refractivity contribution in [3.63, 3.8) is 0 Å². The maximum Gasteiger partial charge on any atom is 0.416 e. The van der Waals surface area contributed by atoms with Crippen LogP contribution < -0.4 is 5.73 Å². The van der Waals surface area contributed by atoms with Crippen LogP contribution in [0, 0.1) is 5.82 Å². The van der Waals surface area contributed by atoms with Crippen LogP contribution >= 0.6 is 0 Å². The molecule has 0 spiro atoms. The molecule has 0 bridgehead atoms. The monoisotopic (exact) mass is 301 g/mol. The van der Waals surface area contributed by atoms with E-state index in [1.807, 2.05) is 0 Å². The lowest BCUT2D eigenvalue weighted by Crippen LogP contribution is -2.24. The molecular formula is C13H11F4N3O. The number of hydrogen-bond acceptors (Lipinski definition) is 2. The molecule has 21 heavy (non-hydrogen) atoms. The first-order chi connectivity index (χ1) is 9.68. The molecule has 112 valence electrons. The van der Waals surface area contributed by atoms with Gasteiger partial charge in [-0.15, -0.1) is 0 Å². The van der Waals surface area contributed by atoms with Crippen molar-refractivity contribution in [2.24, 2.45) is 5.73 Å². The van der Waals surface area contributed by atoms with Gasteiger partial charge in [-0.3, -0.25) is 9.48 Å². The number of rotatable bonds is 3. The molecule has 1 heterocycles. The molecule has 0 fully saturated rings. The van der Waals surface area contributed by atoms with E-state index in [2.05, 4.69) is 5.10 Å². The van der Waals surface area contributed by atoms with Gasteiger partial charge in [0.25, 0.3) is 0 Å². The van der Waals surface area contributed by atoms with E-state index in [0.29, 0.717) is 6.07 Å². The average Bonchev–Trinajstić information content (AvgIpc) is 2.85. The Balaban J connectivity index is 2.43. The first kappa shape index (κ1) is 15.0. The standard InChI is InChI=1S/C13H11F4N3O/c1-7(12(18)21)20-6-9(5-19-20)8-2-10(13(15,16)17)4-11(14)3-8/h2-7H,1H3,(H2,18,21)/t7-/m0/s1. The van der Waals surface area contributed by atoms with Gasteiger partial charge in [0.1, 0.15) is 11.9 Å². The van der Waals surface area contributed by atoms with Gasteiger partial charge in [-0.1, -0.05) is 0 Å². The van der Waals surface area contributed by atoms with Crippen LogP contribution in [0.3, 0.4) is 0 Å². The molecule has 1 atom stereocenters. The third-order valence-electron chi connectivity index (χ3n) is 2.97. The first-order valence-corrected chi connectivity index (χ1v) is 5.90. The number of alkyl halides is 3. The summed E-state index contributed by atoms with van der Waals surface area (Å²) in [5.74, 6) is -1.64. The van der Waals surface area contributed by atoms with E-state index in [4.69, 9.17) is 5.73 Å². The minimum atomic E-state index is -4.65. The van der Waals surface area contributed by atoms with Crippen molar-refractivity contribution in [2.45, 2.75) is 19.1 Å². The van der Waals surface area contributed by atoms with Gasteiger partial charge in [-0.2, -0.15) is 18.3 Å². The summed E-state index contributed by atoms with van der Waals surface area (Å²) in [6.45, 7) is 1.49. The predicted octanol–water partition coefficient (Wildman–Crippen LogP) is 2.75. The van der Waals surface area contributed by atoms with Crippen molar-refractivity contribution in [3.05, 3.63) is 42.0 Å². The second-order valence-corrected chi connectivity index (χ2v) is 4.51. The number of nitrogens with two attached hydrogens (primary N) is 1. The molecule has 2 N–H and O–H groups in total. The highest BCUT2D eigenvalue weighted by Crippen LogP contribution is 2.33. The Labute approximate surface area is 117 Å². The lowest BCUT2D eigenvalue weighted by atomic mass is 10.1. The van der Waals surface area contributed by atoms with Gasteiger partial charge < -0.3 is 5.73 Å². The largest absolute Gasteiger partial charge is 0.416 e. The van der Waals surface area contributed by atoms with E-state index in [-0.39, 0.29) is 11.1 Å². The van der Waals surface area contributed by atoms with Crippen molar-refractivity contribution >= 4 is 5.91 Å². The topological polar surface area (TPSA) is 60.9 Å². The number of hydrogen-bond donors (Lipinski definition) is 1. The van der Waals surface area contributed by atoms with Crippen molar-refractivity contribution < 1.29 is 22.4 Å². The molecule has 0 aliphatic rings. The molecule has 0 radical (unpaired) electrons. The first-order valence-electron chi connectivity index (χ1n) is 5.90. The summed E-state index contributed by atoms with van der Waals surface area (Å²) >= 11 is 0. The summed E-state index contributed by atoms with van der Waals surface area (Å²) in [4.78, 5) is 11.0. The molecular weight excluding hydrogens is 290 g/mol. The van der Waals surface area contributed by atoms with Gasteiger partial charge in [0.05, 0.1) is 11.8 Å². The molecule has 1 amide bonds. The van der Waals surface area contributed by atoms with E-state index in [1.165, 1.54) is 24.0 Å². The van der Waals surface area contributed by atoms with Gasteiger partial charge in [0.15, 0.2) is 0 Å². The smallest absolute Gasteiger partial charge is 0.368 e. The molecule has 1 aromatic carbocycles. The van der Waals surface area contributed by atoms with Gasteiger partial charge in [-0.05, 0) is 30.7 Å². The summed E-state index contributed by atoms with van der Waals surface area (Å²) in [6.07, 6.45) is -2.06. The fourth-order valence-corrected chi connectivity index (χ4v) is 1.75. The van der Waals surface area contributed by atoms with Crippen LogP contribution in [-0.4, -0.2) is 15.7 Å². The number of aromatic nitrogens is 2. The zero-order valence-corrected chi connectivity index (χ0v) is 10.9. The third kappa shape index (κ3) is 3.21. The fourth-order valence-electron chi connectivity index (χ4n) is 1.75. The zero-order chi connectivity index (χ0) is 15.8. The fraction of sp³-hybridized carbons (Fsp3) is 0.231. The predicted molar refractivity (Wildman–Crippen MR) is 66.5 cm³/mol. The summed E-state index contributed by atoms with van der Waals surface area (Å²) < 4.78 is 52.5. The van der Waals surface area contributed by atoms with Crippen LogP contribution in [0.15, 0.2) is 30.6 Å². The highest BCUT2D eigenvalue weighted by atomic mass is 19.4. The Morgan fingerprint density at radius 2 is 1.95 bits per heavy atom. The van der Waals surface area contributed by atoms with Crippen molar-refractivity contribution in [3.8, 4) is 11.1 Å². The molecule has 0 aliphatic heterocycles. The van der Waals surface area contributed by atoms with Gasteiger partial charge in [0.2, 0.25) is 5.91 Å². The summed E-state index contributed by atoms with van der Waals surface area (Å²) in [6, 6.07) is 1.44. The Morgan fingerprint density at radius 3 is 2.52 bits per heavy atom. The van der Waals surface area contributed by atoms with Gasteiger partial charge in [0, 0.05) is 11.8 Å². The van der Waals surface area contributed by atoms with E-state index >= 15 is 0 Å². The van der Waals surface area contributed by atoms with Crippen LogP contribution in [0.4, 0.5) is 17.6 Å². The number of benzene rings is 1. The Hall–Kier alpha value is -2.38. The highest BCUT2D eigenvalue weighted by molar-refractivity contribution is 5.78. The van der Waals surface area contributed by atoms with Crippen LogP contribution in [0.5, 0.6) is 0 Å². The zero-order valence-electron chi connectivity index (χ0n) is 10.9. The molecule has 0 saturated carbocycles. The molecule has 4 nitrogen and oxygen atoms in total. The van der Waals surface area contributed by atoms with Crippen LogP contribution in [-0.2, 0) is 11.0 Å². The number of nitrogens with zero attached hydrogens (tertiary/aromatic N) is 2. The number of carbonyl (C=O) groups is 1. The maximum atomic E-state index is 13.3. The minimum absolute atomic E-state index is 0.0187. The Morgan fingerprint density at radius 1 is 1.29 bits per heavy atom. The molecule has 0 aliphatic carbocycles. The highest BCUT2D eigenvalue weighted by Gasteiger charge is 2.31. The van der Waals surface area contributed by atoms with Crippen molar-refractivity contribution in [2.75, 3.05) is 0 Å². The normalized spacial score (nSPS) is 13.2. The summed E-state index contributed by atoms with van der Waals surface area (Å²) in [5, 5.41) is 3.85. The quantitative estimate of drug-likeness (QED) is 0.886. The number of halogens is 4. The van der Waals surface area contributed by atoms with Crippen molar-refractivity contribution in [1.29, 1.82) is 0 Å². The number of carbonyl (C=O) groups excluding carboxylic acids is 1. The average molecular weight is 301 g/mol. The van der Waals surface area contributed by atoms with E-state index < -0.39 is 29.5 Å². The van der Waals surface area contributed by atoms with Crippen molar-refractivity contribution in [1.82, 2.24) is 9.78 Å². The van der Waals surface area contributed by atoms with Gasteiger partial charge in [-0.25, -0.2) is 4.39 Å². The Kier molecular flexibility index (Phi) is 3.71. The lowest BCUT2D eigenvalue weighted by molar-refractivity contribution is -0.137. The van der Waals surface area contributed by atoms with Gasteiger partial charge >= 0.3 is 6.18 Å².